The molecule has 0 spiro atoms. The number of carbonyl (C=O) groups is 3. The van der Waals surface area contributed by atoms with Crippen LogP contribution in [0.3, 0.4) is 0 Å². The molecule has 3 aromatic rings. The summed E-state index contributed by atoms with van der Waals surface area (Å²) in [6, 6.07) is 8.64. The number of H-pyrrole nitrogens is 1. The first-order valence-corrected chi connectivity index (χ1v) is 11.0. The number of nitrogens with one attached hydrogen (secondary N) is 2. The van der Waals surface area contributed by atoms with Crippen LogP contribution in [0.2, 0.25) is 0 Å². The van der Waals surface area contributed by atoms with E-state index in [1.165, 1.54) is 6.92 Å². The quantitative estimate of drug-likeness (QED) is 0.264. The van der Waals surface area contributed by atoms with Gasteiger partial charge in [0.2, 0.25) is 11.7 Å². The maximum atomic E-state index is 12.8. The van der Waals surface area contributed by atoms with Crippen molar-refractivity contribution in [2.45, 2.75) is 46.2 Å². The first kappa shape index (κ1) is 24.3. The number of Topliss-reactive ketones (excluding diaryl/α,β-unsaturated/α-hetero) is 1. The highest BCUT2D eigenvalue weighted by atomic mass is 16.5. The van der Waals surface area contributed by atoms with Gasteiger partial charge >= 0.3 is 5.97 Å². The fraction of sp³-hybridized carbons (Fsp3) is 0.400. The summed E-state index contributed by atoms with van der Waals surface area (Å²) in [6.07, 6.45) is 2.91. The summed E-state index contributed by atoms with van der Waals surface area (Å²) in [5.74, 6) is -1.26. The van der Waals surface area contributed by atoms with E-state index in [9.17, 15) is 14.4 Å². The van der Waals surface area contributed by atoms with E-state index < -0.39 is 12.0 Å². The van der Waals surface area contributed by atoms with E-state index in [1.807, 2.05) is 50.4 Å². The van der Waals surface area contributed by atoms with Gasteiger partial charge in [0.1, 0.15) is 6.04 Å². The molecule has 0 unspecified atom stereocenters. The van der Waals surface area contributed by atoms with E-state index in [0.717, 1.165) is 40.8 Å². The smallest absolute Gasteiger partial charge is 0.329 e. The van der Waals surface area contributed by atoms with Crippen LogP contribution in [0.1, 0.15) is 40.7 Å². The summed E-state index contributed by atoms with van der Waals surface area (Å²) in [5, 5.41) is 3.61. The van der Waals surface area contributed by atoms with Crippen molar-refractivity contribution >= 4 is 28.6 Å². The summed E-state index contributed by atoms with van der Waals surface area (Å²) >= 11 is 0. The molecule has 2 heterocycles. The highest BCUT2D eigenvalue weighted by Gasteiger charge is 2.25. The van der Waals surface area contributed by atoms with E-state index >= 15 is 0 Å². The van der Waals surface area contributed by atoms with Gasteiger partial charge in [0.15, 0.2) is 6.61 Å². The Morgan fingerprint density at radius 3 is 2.67 bits per heavy atom. The zero-order valence-corrected chi connectivity index (χ0v) is 19.6. The number of esters is 1. The van der Waals surface area contributed by atoms with Crippen LogP contribution < -0.4 is 5.32 Å². The molecule has 2 N–H and O–H groups in total. The fourth-order valence-electron chi connectivity index (χ4n) is 4.07. The molecule has 0 aliphatic carbocycles. The van der Waals surface area contributed by atoms with Gasteiger partial charge in [-0.2, -0.15) is 0 Å². The zero-order chi connectivity index (χ0) is 24.0. The molecule has 8 heteroatoms. The maximum Gasteiger partial charge on any atom is 0.329 e. The number of hydrogen-bond donors (Lipinski definition) is 2. The predicted octanol–water partition coefficient (Wildman–Crippen LogP) is 3.10. The van der Waals surface area contributed by atoms with Gasteiger partial charge in [-0.15, -0.1) is 0 Å². The van der Waals surface area contributed by atoms with Crippen molar-refractivity contribution in [3.8, 4) is 0 Å². The molecule has 1 aromatic carbocycles. The van der Waals surface area contributed by atoms with Crippen molar-refractivity contribution in [1.82, 2.24) is 14.9 Å². The van der Waals surface area contributed by atoms with Crippen molar-refractivity contribution < 1.29 is 23.9 Å². The Hall–Kier alpha value is -3.39. The van der Waals surface area contributed by atoms with Gasteiger partial charge in [-0.3, -0.25) is 9.59 Å². The molecule has 8 nitrogen and oxygen atoms in total. The van der Waals surface area contributed by atoms with Gasteiger partial charge in [0.05, 0.1) is 0 Å². The molecular weight excluding hydrogens is 422 g/mol. The molecule has 0 bridgehead atoms. The average Bonchev–Trinajstić information content (AvgIpc) is 3.32. The number of aryl methyl sites for hydroxylation is 1. The number of hydrogen-bond acceptors (Lipinski definition) is 5. The zero-order valence-electron chi connectivity index (χ0n) is 19.6. The topological polar surface area (TPSA) is 102 Å². The second kappa shape index (κ2) is 11.0. The highest BCUT2D eigenvalue weighted by Crippen LogP contribution is 2.20. The van der Waals surface area contributed by atoms with Crippen LogP contribution in [0.5, 0.6) is 0 Å². The molecule has 0 aliphatic heterocycles. The van der Waals surface area contributed by atoms with E-state index in [-0.39, 0.29) is 24.7 Å². The van der Waals surface area contributed by atoms with Gasteiger partial charge in [0.25, 0.3) is 0 Å². The Bertz CT molecular complexity index is 1140. The second-order valence-electron chi connectivity index (χ2n) is 8.13. The monoisotopic (exact) mass is 453 g/mol. The van der Waals surface area contributed by atoms with Crippen LogP contribution in [0.25, 0.3) is 10.9 Å². The molecule has 0 fully saturated rings. The van der Waals surface area contributed by atoms with Crippen LogP contribution >= 0.6 is 0 Å². The number of aromatic amines is 1. The highest BCUT2D eigenvalue weighted by molar-refractivity contribution is 5.99. The number of para-hydroxylation sites is 1. The number of rotatable bonds is 11. The lowest BCUT2D eigenvalue weighted by atomic mass is 10.0. The van der Waals surface area contributed by atoms with Gasteiger partial charge in [-0.1, -0.05) is 18.2 Å². The van der Waals surface area contributed by atoms with E-state index in [1.54, 1.807) is 7.11 Å². The van der Waals surface area contributed by atoms with Crippen molar-refractivity contribution in [2.75, 3.05) is 20.3 Å². The number of ether oxygens (including phenoxy) is 2. The minimum atomic E-state index is -0.893. The van der Waals surface area contributed by atoms with Crippen LogP contribution in [0, 0.1) is 13.8 Å². The third-order valence-corrected chi connectivity index (χ3v) is 5.71. The van der Waals surface area contributed by atoms with E-state index in [0.29, 0.717) is 12.2 Å². The Kier molecular flexibility index (Phi) is 8.06. The molecule has 1 atom stereocenters. The number of fused-ring (bicyclic) bond motifs is 1. The van der Waals surface area contributed by atoms with Crippen LogP contribution in [-0.2, 0) is 32.0 Å². The second-order valence-corrected chi connectivity index (χ2v) is 8.13. The largest absolute Gasteiger partial charge is 0.456 e. The summed E-state index contributed by atoms with van der Waals surface area (Å²) in [6.45, 7) is 6.17. The minimum Gasteiger partial charge on any atom is -0.456 e. The van der Waals surface area contributed by atoms with Crippen molar-refractivity contribution in [3.63, 3.8) is 0 Å². The maximum absolute atomic E-state index is 12.8. The standard InChI is InChI=1S/C25H31N3O5/c1-16-12-21(17(2)28(16)10-7-11-32-4)24(30)15-33-25(31)23(27-18(3)29)13-19-14-26-22-9-6-5-8-20(19)22/h5-6,8-9,12,14,23,26H,7,10-11,13,15H2,1-4H3,(H,27,29)/t23-/m0/s1. The lowest BCUT2D eigenvalue weighted by molar-refractivity contribution is -0.146. The Balaban J connectivity index is 1.67. The summed E-state index contributed by atoms with van der Waals surface area (Å²) in [7, 11) is 1.66. The Morgan fingerprint density at radius 2 is 1.94 bits per heavy atom. The molecule has 0 saturated heterocycles. The molecule has 176 valence electrons. The van der Waals surface area contributed by atoms with Gasteiger partial charge in [-0.05, 0) is 38.0 Å². The Morgan fingerprint density at radius 1 is 1.18 bits per heavy atom. The minimum absolute atomic E-state index is 0.255. The summed E-state index contributed by atoms with van der Waals surface area (Å²) in [5.41, 5.74) is 4.16. The molecule has 2 aromatic heterocycles. The number of carbonyl (C=O) groups excluding carboxylic acids is 3. The van der Waals surface area contributed by atoms with Crippen LogP contribution in [0.15, 0.2) is 36.5 Å². The first-order chi connectivity index (χ1) is 15.8. The lowest BCUT2D eigenvalue weighted by Crippen LogP contribution is -2.42. The van der Waals surface area contributed by atoms with Crippen molar-refractivity contribution in [1.29, 1.82) is 0 Å². The number of ketones is 1. The fourth-order valence-corrected chi connectivity index (χ4v) is 4.07. The Labute approximate surface area is 193 Å². The molecule has 33 heavy (non-hydrogen) atoms. The van der Waals surface area contributed by atoms with Crippen molar-refractivity contribution in [3.05, 3.63) is 59.0 Å². The SMILES string of the molecule is COCCCn1c(C)cc(C(=O)COC(=O)[C@H](Cc2c[nH]c3ccccc23)NC(C)=O)c1C. The molecule has 0 saturated carbocycles. The number of methoxy groups -OCH3 is 1. The van der Waals surface area contributed by atoms with Gasteiger partial charge < -0.3 is 24.3 Å². The lowest BCUT2D eigenvalue weighted by Gasteiger charge is -2.16. The van der Waals surface area contributed by atoms with E-state index in [2.05, 4.69) is 14.9 Å². The number of aromatic nitrogens is 2. The van der Waals surface area contributed by atoms with Gasteiger partial charge in [0, 0.05) is 67.7 Å². The third-order valence-electron chi connectivity index (χ3n) is 5.71. The molecule has 0 radical (unpaired) electrons. The average molecular weight is 454 g/mol. The normalized spacial score (nSPS) is 12.0. The summed E-state index contributed by atoms with van der Waals surface area (Å²) < 4.78 is 12.5. The molecular formula is C25H31N3O5. The number of amides is 1. The molecule has 1 amide bonds. The summed E-state index contributed by atoms with van der Waals surface area (Å²) in [4.78, 5) is 40.4. The first-order valence-electron chi connectivity index (χ1n) is 11.0. The number of nitrogens with zero attached hydrogens (tertiary/aromatic N) is 1. The van der Waals surface area contributed by atoms with Crippen molar-refractivity contribution in [2.24, 2.45) is 0 Å². The molecule has 0 aliphatic rings. The number of benzene rings is 1. The van der Waals surface area contributed by atoms with E-state index in [4.69, 9.17) is 9.47 Å². The van der Waals surface area contributed by atoms with Gasteiger partial charge in [-0.25, -0.2) is 4.79 Å². The van der Waals surface area contributed by atoms with Crippen LogP contribution in [-0.4, -0.2) is 53.6 Å². The van der Waals surface area contributed by atoms with Crippen LogP contribution in [0.4, 0.5) is 0 Å². The third kappa shape index (κ3) is 5.90. The molecule has 3 rings (SSSR count). The predicted molar refractivity (Wildman–Crippen MR) is 125 cm³/mol.